The topological polar surface area (TPSA) is 81.4 Å². The average molecular weight is 422 g/mol. The van der Waals surface area contributed by atoms with Crippen molar-refractivity contribution < 1.29 is 9.53 Å². The van der Waals surface area contributed by atoms with Gasteiger partial charge in [0, 0.05) is 10.7 Å². The highest BCUT2D eigenvalue weighted by Crippen LogP contribution is 2.29. The number of halogens is 1. The van der Waals surface area contributed by atoms with E-state index in [1.54, 1.807) is 36.7 Å². The predicted molar refractivity (Wildman–Crippen MR) is 116 cm³/mol. The normalized spacial score (nSPS) is 11.0. The van der Waals surface area contributed by atoms with Crippen LogP contribution in [0.4, 0.5) is 5.69 Å². The summed E-state index contributed by atoms with van der Waals surface area (Å²) in [4.78, 5) is 12.8. The Balaban J connectivity index is 1.72. The number of carbonyl (C=O) groups is 1. The number of nitrogens with one attached hydrogen (secondary N) is 1. The lowest BCUT2D eigenvalue weighted by Gasteiger charge is -2.09. The second-order valence-electron chi connectivity index (χ2n) is 6.98. The summed E-state index contributed by atoms with van der Waals surface area (Å²) < 4.78 is 6.88. The van der Waals surface area contributed by atoms with Crippen molar-refractivity contribution in [3.05, 3.63) is 70.1 Å². The molecule has 0 aliphatic carbocycles. The van der Waals surface area contributed by atoms with Crippen LogP contribution in [0.1, 0.15) is 27.4 Å². The van der Waals surface area contributed by atoms with Gasteiger partial charge in [-0.05, 0) is 62.2 Å². The van der Waals surface area contributed by atoms with E-state index in [9.17, 15) is 4.79 Å². The number of fused-ring (bicyclic) bond motifs is 1. The van der Waals surface area contributed by atoms with Crippen LogP contribution in [-0.2, 0) is 0 Å². The van der Waals surface area contributed by atoms with Gasteiger partial charge in [-0.25, -0.2) is 4.52 Å². The second kappa shape index (κ2) is 7.76. The SMILES string of the molecule is COc1ccc(-c2c(C)nn3c(C)c(C(=O)Nc4ccc(Cl)c(C)c4)nnc23)cc1. The number of aromatic nitrogens is 4. The molecule has 0 saturated heterocycles. The Morgan fingerprint density at radius 3 is 2.47 bits per heavy atom. The third kappa shape index (κ3) is 3.48. The van der Waals surface area contributed by atoms with Crippen molar-refractivity contribution in [1.29, 1.82) is 0 Å². The molecule has 152 valence electrons. The molecule has 30 heavy (non-hydrogen) atoms. The molecule has 0 bridgehead atoms. The zero-order valence-electron chi connectivity index (χ0n) is 17.0. The van der Waals surface area contributed by atoms with Crippen molar-refractivity contribution in [2.75, 3.05) is 12.4 Å². The summed E-state index contributed by atoms with van der Waals surface area (Å²) >= 11 is 6.06. The van der Waals surface area contributed by atoms with E-state index < -0.39 is 0 Å². The zero-order valence-corrected chi connectivity index (χ0v) is 17.8. The van der Waals surface area contributed by atoms with Crippen LogP contribution >= 0.6 is 11.6 Å². The summed E-state index contributed by atoms with van der Waals surface area (Å²) in [6.45, 7) is 5.58. The van der Waals surface area contributed by atoms with E-state index in [-0.39, 0.29) is 11.6 Å². The van der Waals surface area contributed by atoms with Gasteiger partial charge in [-0.3, -0.25) is 4.79 Å². The van der Waals surface area contributed by atoms with E-state index in [2.05, 4.69) is 20.6 Å². The molecule has 2 heterocycles. The van der Waals surface area contributed by atoms with Crippen LogP contribution in [0.5, 0.6) is 5.75 Å². The Hall–Kier alpha value is -3.45. The van der Waals surface area contributed by atoms with E-state index in [1.807, 2.05) is 38.1 Å². The molecule has 0 fully saturated rings. The number of hydrogen-bond donors (Lipinski definition) is 1. The third-order valence-corrected chi connectivity index (χ3v) is 5.37. The molecule has 7 nitrogen and oxygen atoms in total. The van der Waals surface area contributed by atoms with Crippen LogP contribution in [-0.4, -0.2) is 32.8 Å². The summed E-state index contributed by atoms with van der Waals surface area (Å²) in [7, 11) is 1.63. The Bertz CT molecular complexity index is 1260. The molecule has 0 radical (unpaired) electrons. The molecule has 1 N–H and O–H groups in total. The van der Waals surface area contributed by atoms with Crippen molar-refractivity contribution in [1.82, 2.24) is 19.8 Å². The van der Waals surface area contributed by atoms with Gasteiger partial charge in [-0.1, -0.05) is 23.7 Å². The number of benzene rings is 2. The molecule has 1 amide bonds. The molecule has 4 rings (SSSR count). The maximum Gasteiger partial charge on any atom is 0.278 e. The summed E-state index contributed by atoms with van der Waals surface area (Å²) in [5.74, 6) is 0.411. The van der Waals surface area contributed by atoms with Crippen LogP contribution in [0.25, 0.3) is 16.8 Å². The van der Waals surface area contributed by atoms with Gasteiger partial charge < -0.3 is 10.1 Å². The maximum absolute atomic E-state index is 12.8. The van der Waals surface area contributed by atoms with Crippen molar-refractivity contribution in [3.8, 4) is 16.9 Å². The average Bonchev–Trinajstić information content (AvgIpc) is 3.08. The number of methoxy groups -OCH3 is 1. The van der Waals surface area contributed by atoms with Crippen LogP contribution in [0, 0.1) is 20.8 Å². The molecular formula is C22H20ClN5O2. The van der Waals surface area contributed by atoms with Gasteiger partial charge in [-0.2, -0.15) is 5.10 Å². The first kappa shape index (κ1) is 19.8. The molecule has 0 atom stereocenters. The first-order chi connectivity index (χ1) is 14.4. The number of rotatable bonds is 4. The Labute approximate surface area is 178 Å². The van der Waals surface area contributed by atoms with Crippen LogP contribution < -0.4 is 10.1 Å². The third-order valence-electron chi connectivity index (χ3n) is 4.95. The molecule has 0 spiro atoms. The summed E-state index contributed by atoms with van der Waals surface area (Å²) in [6, 6.07) is 13.0. The molecule has 0 aliphatic heterocycles. The Morgan fingerprint density at radius 2 is 1.80 bits per heavy atom. The van der Waals surface area contributed by atoms with Crippen molar-refractivity contribution >= 4 is 28.8 Å². The first-order valence-electron chi connectivity index (χ1n) is 9.33. The smallest absolute Gasteiger partial charge is 0.278 e. The van der Waals surface area contributed by atoms with E-state index in [0.29, 0.717) is 22.1 Å². The lowest BCUT2D eigenvalue weighted by Crippen LogP contribution is -2.18. The molecule has 8 heteroatoms. The zero-order chi connectivity index (χ0) is 21.4. The van der Waals surface area contributed by atoms with E-state index >= 15 is 0 Å². The van der Waals surface area contributed by atoms with Gasteiger partial charge in [0.05, 0.1) is 24.1 Å². The van der Waals surface area contributed by atoms with Crippen LogP contribution in [0.3, 0.4) is 0 Å². The fraction of sp³-hybridized carbons (Fsp3) is 0.182. The van der Waals surface area contributed by atoms with Gasteiger partial charge in [0.15, 0.2) is 11.3 Å². The number of nitrogens with zero attached hydrogens (tertiary/aromatic N) is 4. The van der Waals surface area contributed by atoms with Gasteiger partial charge in [-0.15, -0.1) is 10.2 Å². The summed E-state index contributed by atoms with van der Waals surface area (Å²) in [6.07, 6.45) is 0. The van der Waals surface area contributed by atoms with E-state index in [0.717, 1.165) is 28.1 Å². The minimum atomic E-state index is -0.359. The minimum absolute atomic E-state index is 0.207. The van der Waals surface area contributed by atoms with Crippen molar-refractivity contribution in [2.24, 2.45) is 0 Å². The number of hydrogen-bond acceptors (Lipinski definition) is 5. The van der Waals surface area contributed by atoms with Crippen molar-refractivity contribution in [3.63, 3.8) is 0 Å². The number of ether oxygens (including phenoxy) is 1. The predicted octanol–water partition coefficient (Wildman–Crippen LogP) is 4.63. The quantitative estimate of drug-likeness (QED) is 0.519. The Kier molecular flexibility index (Phi) is 5.13. The number of carbonyl (C=O) groups excluding carboxylic acids is 1. The van der Waals surface area contributed by atoms with Gasteiger partial charge in [0.2, 0.25) is 0 Å². The largest absolute Gasteiger partial charge is 0.497 e. The molecule has 0 aliphatic rings. The highest BCUT2D eigenvalue weighted by molar-refractivity contribution is 6.31. The second-order valence-corrected chi connectivity index (χ2v) is 7.38. The van der Waals surface area contributed by atoms with Gasteiger partial charge in [0.1, 0.15) is 5.75 Å². The molecule has 0 saturated carbocycles. The number of anilines is 1. The van der Waals surface area contributed by atoms with E-state index in [1.165, 1.54) is 0 Å². The molecule has 4 aromatic rings. The van der Waals surface area contributed by atoms with Gasteiger partial charge >= 0.3 is 0 Å². The maximum atomic E-state index is 12.8. The standard InChI is InChI=1S/C22H20ClN5O2/c1-12-11-16(7-10-18(12)23)24-22(29)20-14(3)28-21(26-25-20)19(13(2)27-28)15-5-8-17(30-4)9-6-15/h5-11H,1-4H3,(H,24,29). The summed E-state index contributed by atoms with van der Waals surface area (Å²) in [5.41, 5.74) is 5.53. The van der Waals surface area contributed by atoms with Crippen LogP contribution in [0.2, 0.25) is 5.02 Å². The highest BCUT2D eigenvalue weighted by Gasteiger charge is 2.20. The first-order valence-corrected chi connectivity index (χ1v) is 9.71. The Morgan fingerprint density at radius 1 is 1.07 bits per heavy atom. The van der Waals surface area contributed by atoms with Gasteiger partial charge in [0.25, 0.3) is 5.91 Å². The van der Waals surface area contributed by atoms with E-state index in [4.69, 9.17) is 16.3 Å². The summed E-state index contributed by atoms with van der Waals surface area (Å²) in [5, 5.41) is 16.6. The fourth-order valence-electron chi connectivity index (χ4n) is 3.33. The highest BCUT2D eigenvalue weighted by atomic mass is 35.5. The lowest BCUT2D eigenvalue weighted by molar-refractivity contribution is 0.102. The minimum Gasteiger partial charge on any atom is -0.497 e. The number of aryl methyl sites for hydroxylation is 3. The van der Waals surface area contributed by atoms with Crippen LogP contribution in [0.15, 0.2) is 42.5 Å². The fourth-order valence-corrected chi connectivity index (χ4v) is 3.45. The number of amides is 1. The van der Waals surface area contributed by atoms with Crippen molar-refractivity contribution in [2.45, 2.75) is 20.8 Å². The molecule has 0 unspecified atom stereocenters. The molecular weight excluding hydrogens is 402 g/mol. The molecule has 2 aromatic heterocycles. The molecule has 2 aromatic carbocycles. The monoisotopic (exact) mass is 421 g/mol. The lowest BCUT2D eigenvalue weighted by atomic mass is 10.1.